The summed E-state index contributed by atoms with van der Waals surface area (Å²) < 4.78 is 41.1. The summed E-state index contributed by atoms with van der Waals surface area (Å²) in [4.78, 5) is 15.3. The second-order valence-electron chi connectivity index (χ2n) is 11.7. The number of nitrogens with zero attached hydrogens (tertiary/aromatic N) is 4. The fraction of sp³-hybridized carbons (Fsp3) is 0.367. The summed E-state index contributed by atoms with van der Waals surface area (Å²) in [7, 11) is -4.33. The van der Waals surface area contributed by atoms with E-state index in [0.29, 0.717) is 31.0 Å². The first kappa shape index (κ1) is 28.2. The van der Waals surface area contributed by atoms with Crippen LogP contribution in [0.2, 0.25) is 10.2 Å². The molecule has 0 bridgehead atoms. The average Bonchev–Trinajstić information content (AvgIpc) is 3.76. The summed E-state index contributed by atoms with van der Waals surface area (Å²) in [6.07, 6.45) is 3.21. The average molecular weight is 611 g/mol. The zero-order valence-corrected chi connectivity index (χ0v) is 26.1. The lowest BCUT2D eigenvalue weighted by atomic mass is 10.2. The number of halogens is 2. The van der Waals surface area contributed by atoms with Crippen molar-refractivity contribution >= 4 is 57.8 Å². The third-order valence-corrected chi connectivity index (χ3v) is 14.1. The molecule has 1 spiro atoms. The van der Waals surface area contributed by atoms with Gasteiger partial charge in [-0.2, -0.15) is 4.98 Å². The lowest BCUT2D eigenvalue weighted by Gasteiger charge is -2.43. The summed E-state index contributed by atoms with van der Waals surface area (Å²) >= 11 is 6.12. The number of hydrogen-bond acceptors (Lipinski definition) is 7. The van der Waals surface area contributed by atoms with E-state index in [1.165, 1.54) is 16.6 Å². The first-order chi connectivity index (χ1) is 19.6. The fourth-order valence-corrected chi connectivity index (χ4v) is 11.1. The Morgan fingerprint density at radius 3 is 2.20 bits per heavy atom. The van der Waals surface area contributed by atoms with E-state index in [2.05, 4.69) is 84.2 Å². The molecule has 1 fully saturated rings. The molecule has 1 atom stereocenters. The topological polar surface area (TPSA) is 77.4 Å². The number of rotatable bonds is 7. The summed E-state index contributed by atoms with van der Waals surface area (Å²) in [5.41, 5.74) is -0.391. The summed E-state index contributed by atoms with van der Waals surface area (Å²) in [5, 5.41) is 2.25. The highest BCUT2D eigenvalue weighted by Gasteiger charge is 2.53. The molecule has 3 heterocycles. The Bertz CT molecular complexity index is 1590. The fourth-order valence-electron chi connectivity index (χ4n) is 5.96. The smallest absolute Gasteiger partial charge is 0.261 e. The van der Waals surface area contributed by atoms with Crippen LogP contribution < -0.4 is 20.0 Å². The number of anilines is 1. The van der Waals surface area contributed by atoms with E-state index in [-0.39, 0.29) is 32.3 Å². The normalized spacial score (nSPS) is 16.9. The minimum atomic E-state index is -2.78. The van der Waals surface area contributed by atoms with Crippen molar-refractivity contribution in [2.24, 2.45) is 0 Å². The van der Waals surface area contributed by atoms with Crippen LogP contribution in [0.25, 0.3) is 10.9 Å². The molecule has 41 heavy (non-hydrogen) atoms. The van der Waals surface area contributed by atoms with E-state index in [9.17, 15) is 4.21 Å². The molecule has 2 aromatic carbocycles. The highest BCUT2D eigenvalue weighted by atomic mass is 35.5. The van der Waals surface area contributed by atoms with Gasteiger partial charge < -0.3 is 14.1 Å². The SMILES string of the molecule is CS(=O)c1nc2c3c(nc(Cl)c(F)c3n1)OCC1(CC1)N2CCO[Si](c1ccccc1)(c1ccccc1)C(C)(C)C. The lowest BCUT2D eigenvalue weighted by molar-refractivity contribution is 0.255. The number of pyridine rings is 1. The molecule has 7 nitrogen and oxygen atoms in total. The highest BCUT2D eigenvalue weighted by Crippen LogP contribution is 2.49. The van der Waals surface area contributed by atoms with Gasteiger partial charge >= 0.3 is 0 Å². The molecule has 0 radical (unpaired) electrons. The van der Waals surface area contributed by atoms with E-state index in [0.717, 1.165) is 12.8 Å². The van der Waals surface area contributed by atoms with E-state index < -0.39 is 24.9 Å². The Labute approximate surface area is 247 Å². The Hall–Kier alpha value is -2.92. The molecule has 1 saturated carbocycles. The first-order valence-electron chi connectivity index (χ1n) is 13.6. The van der Waals surface area contributed by atoms with Crippen LogP contribution in [-0.4, -0.2) is 59.0 Å². The largest absolute Gasteiger partial charge is 0.475 e. The van der Waals surface area contributed by atoms with Gasteiger partial charge in [0.15, 0.2) is 11.0 Å². The van der Waals surface area contributed by atoms with E-state index in [1.807, 2.05) is 12.1 Å². The first-order valence-corrected chi connectivity index (χ1v) is 17.5. The molecule has 2 aromatic heterocycles. The Morgan fingerprint density at radius 1 is 1.05 bits per heavy atom. The zero-order valence-electron chi connectivity index (χ0n) is 23.5. The third kappa shape index (κ3) is 4.74. The maximum atomic E-state index is 15.3. The van der Waals surface area contributed by atoms with E-state index in [4.69, 9.17) is 25.7 Å². The quantitative estimate of drug-likeness (QED) is 0.168. The van der Waals surface area contributed by atoms with Gasteiger partial charge in [-0.15, -0.1) is 0 Å². The lowest BCUT2D eigenvalue weighted by Crippen LogP contribution is -2.67. The number of benzene rings is 2. The molecule has 1 unspecified atom stereocenters. The van der Waals surface area contributed by atoms with Crippen molar-refractivity contribution in [3.63, 3.8) is 0 Å². The van der Waals surface area contributed by atoms with E-state index >= 15 is 4.39 Å². The van der Waals surface area contributed by atoms with Gasteiger partial charge in [0.2, 0.25) is 11.0 Å². The van der Waals surface area contributed by atoms with Gasteiger partial charge in [0, 0.05) is 12.8 Å². The van der Waals surface area contributed by atoms with Crippen molar-refractivity contribution < 1.29 is 17.8 Å². The van der Waals surface area contributed by atoms with Gasteiger partial charge in [0.05, 0.1) is 22.9 Å². The van der Waals surface area contributed by atoms with Crippen LogP contribution in [0.5, 0.6) is 5.88 Å². The van der Waals surface area contributed by atoms with Crippen LogP contribution in [0.3, 0.4) is 0 Å². The predicted molar refractivity (Wildman–Crippen MR) is 163 cm³/mol. The summed E-state index contributed by atoms with van der Waals surface area (Å²) in [5.74, 6) is -0.129. The number of aromatic nitrogens is 3. The van der Waals surface area contributed by atoms with Crippen molar-refractivity contribution in [1.82, 2.24) is 15.0 Å². The van der Waals surface area contributed by atoms with Crippen LogP contribution in [0.15, 0.2) is 65.8 Å². The predicted octanol–water partition coefficient (Wildman–Crippen LogP) is 4.86. The maximum absolute atomic E-state index is 15.3. The second-order valence-corrected chi connectivity index (χ2v) is 17.6. The van der Waals surface area contributed by atoms with Gasteiger partial charge in [0.25, 0.3) is 8.32 Å². The summed E-state index contributed by atoms with van der Waals surface area (Å²) in [6, 6.07) is 21.0. The molecule has 214 valence electrons. The Morgan fingerprint density at radius 2 is 1.66 bits per heavy atom. The minimum Gasteiger partial charge on any atom is -0.475 e. The monoisotopic (exact) mass is 610 g/mol. The van der Waals surface area contributed by atoms with Crippen LogP contribution in [-0.2, 0) is 15.2 Å². The molecule has 11 heteroatoms. The van der Waals surface area contributed by atoms with Crippen molar-refractivity contribution in [3.8, 4) is 5.88 Å². The van der Waals surface area contributed by atoms with Crippen molar-refractivity contribution in [1.29, 1.82) is 0 Å². The van der Waals surface area contributed by atoms with Crippen molar-refractivity contribution in [3.05, 3.63) is 71.6 Å². The Kier molecular flexibility index (Phi) is 7.16. The molecule has 0 saturated heterocycles. The molecular weight excluding hydrogens is 579 g/mol. The number of ether oxygens (including phenoxy) is 1. The van der Waals surface area contributed by atoms with Crippen LogP contribution in [0.1, 0.15) is 33.6 Å². The molecule has 1 aliphatic heterocycles. The Balaban J connectivity index is 1.45. The number of hydrogen-bond donors (Lipinski definition) is 0. The molecule has 0 amide bonds. The molecular formula is C30H32ClFN4O3SSi. The molecule has 1 aliphatic carbocycles. The van der Waals surface area contributed by atoms with Crippen molar-refractivity contribution in [2.75, 3.05) is 30.9 Å². The van der Waals surface area contributed by atoms with Crippen LogP contribution in [0, 0.1) is 5.82 Å². The van der Waals surface area contributed by atoms with Crippen LogP contribution >= 0.6 is 11.6 Å². The van der Waals surface area contributed by atoms with Gasteiger partial charge in [-0.25, -0.2) is 14.4 Å². The van der Waals surface area contributed by atoms with Crippen LogP contribution in [0.4, 0.5) is 10.2 Å². The standard InChI is InChI=1S/C30H32ClFN4O3SSi/c1-29(2,3)41(20-11-7-5-8-12-20,21-13-9-6-10-14-21)39-18-17-36-26-22-24(33-28(35-26)40(4)37)23(32)25(31)34-27(22)38-19-30(36)15-16-30/h5-14H,15-19H2,1-4H3. The zero-order chi connectivity index (χ0) is 29.0. The maximum Gasteiger partial charge on any atom is 0.261 e. The van der Waals surface area contributed by atoms with Gasteiger partial charge in [0.1, 0.15) is 23.3 Å². The summed E-state index contributed by atoms with van der Waals surface area (Å²) in [6.45, 7) is 7.94. The third-order valence-electron chi connectivity index (χ3n) is 8.11. The minimum absolute atomic E-state index is 0.0363. The van der Waals surface area contributed by atoms with Gasteiger partial charge in [-0.3, -0.25) is 4.21 Å². The molecule has 2 aliphatic rings. The second kappa shape index (κ2) is 10.4. The van der Waals surface area contributed by atoms with Crippen molar-refractivity contribution in [2.45, 2.75) is 49.3 Å². The molecule has 0 N–H and O–H groups in total. The van der Waals surface area contributed by atoms with E-state index in [1.54, 1.807) is 0 Å². The molecule has 6 rings (SSSR count). The van der Waals surface area contributed by atoms with Gasteiger partial charge in [-0.05, 0) is 28.3 Å². The van der Waals surface area contributed by atoms with Gasteiger partial charge in [-0.1, -0.05) is 93.0 Å². The highest BCUT2D eigenvalue weighted by molar-refractivity contribution is 7.84. The molecule has 4 aromatic rings.